The van der Waals surface area contributed by atoms with E-state index in [0.717, 1.165) is 42.9 Å². The second-order valence-corrected chi connectivity index (χ2v) is 9.46. The second kappa shape index (κ2) is 11.3. The fourth-order valence-corrected chi connectivity index (χ4v) is 4.74. The lowest BCUT2D eigenvalue weighted by Crippen LogP contribution is -2.33. The highest BCUT2D eigenvalue weighted by atomic mass is 16.1. The Morgan fingerprint density at radius 3 is 2.17 bits per heavy atom. The number of aliphatic imine (C=N–C) groups is 1. The molecule has 0 unspecified atom stereocenters. The van der Waals surface area contributed by atoms with E-state index in [1.165, 1.54) is 27.8 Å². The number of hydrogen-bond donors (Lipinski definition) is 0. The fourth-order valence-electron chi connectivity index (χ4n) is 4.74. The van der Waals surface area contributed by atoms with Gasteiger partial charge >= 0.3 is 0 Å². The van der Waals surface area contributed by atoms with Crippen LogP contribution >= 0.6 is 0 Å². The van der Waals surface area contributed by atoms with Gasteiger partial charge in [-0.15, -0.1) is 0 Å². The number of hydrogen-bond acceptors (Lipinski definition) is 3. The summed E-state index contributed by atoms with van der Waals surface area (Å²) in [7, 11) is 2.08. The Kier molecular flexibility index (Phi) is 7.94. The molecule has 0 N–H and O–H groups in total. The Bertz CT molecular complexity index is 1170. The molecule has 0 aromatic heterocycles. The quantitative estimate of drug-likeness (QED) is 0.240. The van der Waals surface area contributed by atoms with Crippen molar-refractivity contribution in [3.8, 4) is 0 Å². The van der Waals surface area contributed by atoms with Crippen molar-refractivity contribution in [2.24, 2.45) is 4.99 Å². The summed E-state index contributed by atoms with van der Waals surface area (Å²) in [5.74, 6) is 0.902. The SMILES string of the molecule is CC(=NC1=C(C=O)CN(Cc2ccc(C)c(C)c2)CC1)N(C)C(c1ccccc1)c1ccccc1. The van der Waals surface area contributed by atoms with Gasteiger partial charge in [0.2, 0.25) is 0 Å². The molecule has 4 nitrogen and oxygen atoms in total. The third-order valence-electron chi connectivity index (χ3n) is 6.97. The number of nitrogens with zero attached hydrogens (tertiary/aromatic N) is 3. The van der Waals surface area contributed by atoms with E-state index in [1.807, 2.05) is 19.1 Å². The first-order valence-electron chi connectivity index (χ1n) is 12.3. The molecule has 0 bridgehead atoms. The van der Waals surface area contributed by atoms with Crippen LogP contribution in [0.2, 0.25) is 0 Å². The highest BCUT2D eigenvalue weighted by Crippen LogP contribution is 2.29. The number of benzene rings is 3. The van der Waals surface area contributed by atoms with Gasteiger partial charge in [-0.2, -0.15) is 0 Å². The normalized spacial score (nSPS) is 14.9. The van der Waals surface area contributed by atoms with E-state index in [-0.39, 0.29) is 6.04 Å². The first-order chi connectivity index (χ1) is 17.0. The highest BCUT2D eigenvalue weighted by molar-refractivity contribution is 5.83. The molecule has 4 rings (SSSR count). The number of rotatable bonds is 7. The summed E-state index contributed by atoms with van der Waals surface area (Å²) >= 11 is 0. The highest BCUT2D eigenvalue weighted by Gasteiger charge is 2.23. The molecule has 0 atom stereocenters. The van der Waals surface area contributed by atoms with E-state index in [2.05, 4.69) is 97.4 Å². The van der Waals surface area contributed by atoms with Gasteiger partial charge in [-0.25, -0.2) is 4.99 Å². The van der Waals surface area contributed by atoms with E-state index in [4.69, 9.17) is 4.99 Å². The topological polar surface area (TPSA) is 35.9 Å². The maximum Gasteiger partial charge on any atom is 0.149 e. The molecule has 0 radical (unpaired) electrons. The minimum atomic E-state index is 0.0475. The third-order valence-corrected chi connectivity index (χ3v) is 6.97. The summed E-state index contributed by atoms with van der Waals surface area (Å²) in [6.07, 6.45) is 1.76. The lowest BCUT2D eigenvalue weighted by molar-refractivity contribution is -0.105. The molecule has 1 aliphatic rings. The first kappa shape index (κ1) is 24.6. The Morgan fingerprint density at radius 1 is 0.971 bits per heavy atom. The molecular formula is C31H35N3O. The number of carbonyl (C=O) groups excluding carboxylic acids is 1. The van der Waals surface area contributed by atoms with Gasteiger partial charge in [0.1, 0.15) is 12.1 Å². The third kappa shape index (κ3) is 5.95. The van der Waals surface area contributed by atoms with Gasteiger partial charge in [0.05, 0.1) is 11.7 Å². The van der Waals surface area contributed by atoms with Crippen molar-refractivity contribution in [1.82, 2.24) is 9.80 Å². The number of aldehydes is 1. The molecule has 0 spiro atoms. The van der Waals surface area contributed by atoms with Crippen molar-refractivity contribution in [3.63, 3.8) is 0 Å². The molecule has 3 aromatic rings. The molecule has 0 amide bonds. The maximum atomic E-state index is 12.0. The average Bonchev–Trinajstić information content (AvgIpc) is 2.88. The minimum absolute atomic E-state index is 0.0475. The Hall–Kier alpha value is -3.50. The fraction of sp³-hybridized carbons (Fsp3) is 0.290. The summed E-state index contributed by atoms with van der Waals surface area (Å²) in [4.78, 5) is 21.6. The zero-order valence-corrected chi connectivity index (χ0v) is 21.2. The van der Waals surface area contributed by atoms with Crippen molar-refractivity contribution in [2.45, 2.75) is 39.8 Å². The lowest BCUT2D eigenvalue weighted by Gasteiger charge is -2.32. The van der Waals surface area contributed by atoms with Crippen molar-refractivity contribution in [3.05, 3.63) is 118 Å². The van der Waals surface area contributed by atoms with Crippen LogP contribution in [0.4, 0.5) is 0 Å². The summed E-state index contributed by atoms with van der Waals surface area (Å²) in [6, 6.07) is 27.7. The van der Waals surface area contributed by atoms with Gasteiger partial charge in [0.15, 0.2) is 0 Å². The van der Waals surface area contributed by atoms with Crippen LogP contribution < -0.4 is 0 Å². The van der Waals surface area contributed by atoms with Gasteiger partial charge in [0.25, 0.3) is 0 Å². The molecule has 35 heavy (non-hydrogen) atoms. The van der Waals surface area contributed by atoms with Crippen LogP contribution in [0, 0.1) is 13.8 Å². The van der Waals surface area contributed by atoms with Crippen LogP contribution in [0.25, 0.3) is 0 Å². The average molecular weight is 466 g/mol. The van der Waals surface area contributed by atoms with Crippen LogP contribution in [0.5, 0.6) is 0 Å². The molecule has 0 fully saturated rings. The van der Waals surface area contributed by atoms with E-state index in [1.54, 1.807) is 0 Å². The Morgan fingerprint density at radius 2 is 1.60 bits per heavy atom. The van der Waals surface area contributed by atoms with Crippen LogP contribution in [-0.2, 0) is 11.3 Å². The second-order valence-electron chi connectivity index (χ2n) is 9.46. The van der Waals surface area contributed by atoms with Crippen LogP contribution in [-0.4, -0.2) is 42.1 Å². The summed E-state index contributed by atoms with van der Waals surface area (Å²) in [5.41, 5.74) is 8.01. The van der Waals surface area contributed by atoms with Crippen LogP contribution in [0.3, 0.4) is 0 Å². The maximum absolute atomic E-state index is 12.0. The molecule has 0 aliphatic carbocycles. The van der Waals surface area contributed by atoms with Crippen molar-refractivity contribution < 1.29 is 4.79 Å². The predicted molar refractivity (Wildman–Crippen MR) is 144 cm³/mol. The smallest absolute Gasteiger partial charge is 0.149 e. The van der Waals surface area contributed by atoms with Crippen molar-refractivity contribution in [2.75, 3.05) is 20.1 Å². The van der Waals surface area contributed by atoms with Crippen LogP contribution in [0.15, 0.2) is 95.1 Å². The molecule has 3 aromatic carbocycles. The Balaban J connectivity index is 1.56. The monoisotopic (exact) mass is 465 g/mol. The van der Waals surface area contributed by atoms with Crippen molar-refractivity contribution >= 4 is 12.1 Å². The summed E-state index contributed by atoms with van der Waals surface area (Å²) < 4.78 is 0. The molecule has 180 valence electrons. The largest absolute Gasteiger partial charge is 0.352 e. The van der Waals surface area contributed by atoms with Gasteiger partial charge in [0, 0.05) is 38.7 Å². The molecule has 0 saturated heterocycles. The van der Waals surface area contributed by atoms with E-state index < -0.39 is 0 Å². The van der Waals surface area contributed by atoms with Gasteiger partial charge < -0.3 is 4.90 Å². The standard InChI is InChI=1S/C31H35N3O/c1-23-15-16-26(19-24(23)2)20-34-18-17-30(29(21-34)22-35)32-25(3)33(4)31(27-11-7-5-8-12-27)28-13-9-6-10-14-28/h5-16,19,22,31H,17-18,20-21H2,1-4H3. The lowest BCUT2D eigenvalue weighted by atomic mass is 9.97. The molecule has 1 heterocycles. The predicted octanol–water partition coefficient (Wildman–Crippen LogP) is 6.10. The number of carbonyl (C=O) groups is 1. The van der Waals surface area contributed by atoms with E-state index in [0.29, 0.717) is 6.54 Å². The molecular weight excluding hydrogens is 430 g/mol. The van der Waals surface area contributed by atoms with Gasteiger partial charge in [-0.1, -0.05) is 78.9 Å². The minimum Gasteiger partial charge on any atom is -0.352 e. The Labute approximate surface area is 209 Å². The van der Waals surface area contributed by atoms with Crippen molar-refractivity contribution in [1.29, 1.82) is 0 Å². The summed E-state index contributed by atoms with van der Waals surface area (Å²) in [5, 5.41) is 0. The molecule has 0 saturated carbocycles. The zero-order chi connectivity index (χ0) is 24.8. The molecule has 4 heteroatoms. The molecule has 1 aliphatic heterocycles. The number of aryl methyl sites for hydroxylation is 2. The van der Waals surface area contributed by atoms with Crippen LogP contribution in [0.1, 0.15) is 47.2 Å². The zero-order valence-electron chi connectivity index (χ0n) is 21.2. The number of amidine groups is 1. The van der Waals surface area contributed by atoms with E-state index >= 15 is 0 Å². The first-order valence-corrected chi connectivity index (χ1v) is 12.3. The van der Waals surface area contributed by atoms with Gasteiger partial charge in [-0.05, 0) is 48.6 Å². The summed E-state index contributed by atoms with van der Waals surface area (Å²) in [6.45, 7) is 8.69. The van der Waals surface area contributed by atoms with E-state index in [9.17, 15) is 4.79 Å². The van der Waals surface area contributed by atoms with Gasteiger partial charge in [-0.3, -0.25) is 9.69 Å².